The quantitative estimate of drug-likeness (QED) is 0.313. The number of nitrogens with zero attached hydrogens (tertiary/aromatic N) is 1. The van der Waals surface area contributed by atoms with E-state index in [2.05, 4.69) is 6.07 Å². The molecule has 0 saturated carbocycles. The number of nitrogens with two attached hydrogens (primary N) is 1. The molecule has 1 aliphatic heterocycles. The van der Waals surface area contributed by atoms with E-state index in [-0.39, 0.29) is 11.5 Å². The zero-order valence-electron chi connectivity index (χ0n) is 19.6. The highest BCUT2D eigenvalue weighted by Crippen LogP contribution is 2.45. The predicted octanol–water partition coefficient (Wildman–Crippen LogP) is 4.85. The summed E-state index contributed by atoms with van der Waals surface area (Å²) in [4.78, 5) is 12.3. The zero-order valence-corrected chi connectivity index (χ0v) is 19.6. The van der Waals surface area contributed by atoms with Crippen LogP contribution in [0, 0.1) is 18.3 Å². The molecule has 0 bridgehead atoms. The van der Waals surface area contributed by atoms with Gasteiger partial charge in [-0.3, -0.25) is 0 Å². The molecule has 3 aromatic carbocycles. The van der Waals surface area contributed by atoms with Crippen molar-refractivity contribution in [1.82, 2.24) is 0 Å². The minimum absolute atomic E-state index is 0.0115. The summed E-state index contributed by atoms with van der Waals surface area (Å²) >= 11 is 0. The molecule has 0 spiro atoms. The van der Waals surface area contributed by atoms with Crippen molar-refractivity contribution in [3.05, 3.63) is 100 Å². The molecule has 1 aliphatic rings. The molecule has 4 rings (SSSR count). The number of nitriles is 1. The summed E-state index contributed by atoms with van der Waals surface area (Å²) in [6, 6.07) is 20.3. The minimum atomic E-state index is -0.529. The molecular weight excluding hydrogens is 444 g/mol. The summed E-state index contributed by atoms with van der Waals surface area (Å²) in [5.41, 5.74) is 9.88. The maximum absolute atomic E-state index is 12.3. The van der Waals surface area contributed by atoms with Crippen molar-refractivity contribution in [2.45, 2.75) is 12.8 Å². The molecule has 0 saturated heterocycles. The van der Waals surface area contributed by atoms with Crippen LogP contribution in [0.2, 0.25) is 0 Å². The number of methoxy groups -OCH3 is 2. The van der Waals surface area contributed by atoms with Gasteiger partial charge in [0.05, 0.1) is 20.1 Å². The van der Waals surface area contributed by atoms with E-state index in [0.29, 0.717) is 28.6 Å². The summed E-state index contributed by atoms with van der Waals surface area (Å²) in [7, 11) is 3.10. The van der Waals surface area contributed by atoms with Crippen molar-refractivity contribution >= 4 is 12.0 Å². The lowest BCUT2D eigenvalue weighted by Crippen LogP contribution is -2.21. The maximum atomic E-state index is 12.3. The Morgan fingerprint density at radius 3 is 2.46 bits per heavy atom. The summed E-state index contributed by atoms with van der Waals surface area (Å²) in [5.74, 6) is 0.756. The number of esters is 1. The van der Waals surface area contributed by atoms with Crippen LogP contribution in [0.1, 0.15) is 28.2 Å². The van der Waals surface area contributed by atoms with E-state index in [0.717, 1.165) is 16.7 Å². The minimum Gasteiger partial charge on any atom is -0.493 e. The first-order chi connectivity index (χ1) is 16.9. The lowest BCUT2D eigenvalue weighted by atomic mass is 9.83. The molecule has 7 heteroatoms. The third-order valence-corrected chi connectivity index (χ3v) is 5.64. The highest BCUT2D eigenvalue weighted by molar-refractivity contribution is 5.88. The lowest BCUT2D eigenvalue weighted by molar-refractivity contribution is -0.128. The number of carbonyl (C=O) groups is 1. The number of carbonyl (C=O) groups excluding carboxylic acids is 1. The summed E-state index contributed by atoms with van der Waals surface area (Å²) in [6.07, 6.45) is 3.04. The summed E-state index contributed by atoms with van der Waals surface area (Å²) < 4.78 is 21.9. The number of hydrogen-bond donors (Lipinski definition) is 1. The molecule has 0 aromatic heterocycles. The lowest BCUT2D eigenvalue weighted by Gasteiger charge is -2.27. The molecule has 0 radical (unpaired) electrons. The summed E-state index contributed by atoms with van der Waals surface area (Å²) in [6.45, 7) is 2.00. The Labute approximate surface area is 203 Å². The van der Waals surface area contributed by atoms with Gasteiger partial charge in [-0.15, -0.1) is 0 Å². The first kappa shape index (κ1) is 23.5. The van der Waals surface area contributed by atoms with Gasteiger partial charge in [0.2, 0.25) is 5.88 Å². The van der Waals surface area contributed by atoms with Crippen LogP contribution in [0.25, 0.3) is 6.08 Å². The van der Waals surface area contributed by atoms with Gasteiger partial charge in [0.15, 0.2) is 11.5 Å². The molecule has 0 amide bonds. The molecule has 1 unspecified atom stereocenters. The average molecular weight is 469 g/mol. The smallest absolute Gasteiger partial charge is 0.336 e. The zero-order chi connectivity index (χ0) is 24.9. The second-order valence-electron chi connectivity index (χ2n) is 7.90. The van der Waals surface area contributed by atoms with Gasteiger partial charge in [-0.1, -0.05) is 42.0 Å². The van der Waals surface area contributed by atoms with Gasteiger partial charge in [-0.05, 0) is 42.3 Å². The van der Waals surface area contributed by atoms with E-state index in [9.17, 15) is 10.1 Å². The van der Waals surface area contributed by atoms with Crippen molar-refractivity contribution in [1.29, 1.82) is 5.26 Å². The molecule has 0 fully saturated rings. The maximum Gasteiger partial charge on any atom is 0.336 e. The van der Waals surface area contributed by atoms with Gasteiger partial charge in [-0.2, -0.15) is 5.26 Å². The van der Waals surface area contributed by atoms with Crippen molar-refractivity contribution < 1.29 is 23.7 Å². The first-order valence-corrected chi connectivity index (χ1v) is 10.8. The van der Waals surface area contributed by atoms with Gasteiger partial charge in [0.25, 0.3) is 0 Å². The molecule has 1 heterocycles. The number of aryl methyl sites for hydroxylation is 1. The van der Waals surface area contributed by atoms with E-state index in [1.165, 1.54) is 6.08 Å². The van der Waals surface area contributed by atoms with Crippen LogP contribution >= 0.6 is 0 Å². The standard InChI is InChI=1S/C28H24N2O5/c1-17-4-6-18(7-5-17)8-13-26(31)34-20-10-11-21-24(15-20)35-28(30)22(16-29)27(21)19-9-12-23(32-2)25(14-19)33-3/h4-15,27H,30H2,1-3H3/b13-8+. The molecule has 3 aromatic rings. The molecule has 7 nitrogen and oxygen atoms in total. The van der Waals surface area contributed by atoms with Crippen molar-refractivity contribution in [2.24, 2.45) is 5.73 Å². The second-order valence-corrected chi connectivity index (χ2v) is 7.90. The Bertz CT molecular complexity index is 1370. The van der Waals surface area contributed by atoms with Crippen molar-refractivity contribution in [2.75, 3.05) is 14.2 Å². The first-order valence-electron chi connectivity index (χ1n) is 10.8. The fourth-order valence-corrected chi connectivity index (χ4v) is 3.87. The van der Waals surface area contributed by atoms with Crippen LogP contribution < -0.4 is 24.7 Å². The predicted molar refractivity (Wildman–Crippen MR) is 131 cm³/mol. The molecular formula is C28H24N2O5. The van der Waals surface area contributed by atoms with Crippen LogP contribution in [0.3, 0.4) is 0 Å². The van der Waals surface area contributed by atoms with Gasteiger partial charge in [-0.25, -0.2) is 4.79 Å². The monoisotopic (exact) mass is 468 g/mol. The fourth-order valence-electron chi connectivity index (χ4n) is 3.87. The Hall–Kier alpha value is -4.70. The Morgan fingerprint density at radius 2 is 1.77 bits per heavy atom. The van der Waals surface area contributed by atoms with E-state index in [1.807, 2.05) is 37.3 Å². The van der Waals surface area contributed by atoms with Gasteiger partial charge in [0.1, 0.15) is 23.1 Å². The average Bonchev–Trinajstić information content (AvgIpc) is 2.87. The number of ether oxygens (including phenoxy) is 4. The Morgan fingerprint density at radius 1 is 1.03 bits per heavy atom. The Kier molecular flexibility index (Phi) is 6.74. The molecule has 176 valence electrons. The highest BCUT2D eigenvalue weighted by Gasteiger charge is 2.31. The third-order valence-electron chi connectivity index (χ3n) is 5.64. The number of fused-ring (bicyclic) bond motifs is 1. The molecule has 1 atom stereocenters. The molecule has 0 aliphatic carbocycles. The van der Waals surface area contributed by atoms with Crippen LogP contribution in [0.5, 0.6) is 23.0 Å². The van der Waals surface area contributed by atoms with E-state index >= 15 is 0 Å². The number of rotatable bonds is 6. The molecule has 2 N–H and O–H groups in total. The number of allylic oxidation sites excluding steroid dienone is 1. The van der Waals surface area contributed by atoms with E-state index in [4.69, 9.17) is 24.7 Å². The Balaban J connectivity index is 1.62. The van der Waals surface area contributed by atoms with Crippen LogP contribution in [0.15, 0.2) is 78.2 Å². The third kappa shape index (κ3) is 4.97. The van der Waals surface area contributed by atoms with Crippen molar-refractivity contribution in [3.8, 4) is 29.1 Å². The van der Waals surface area contributed by atoms with Gasteiger partial charge in [0, 0.05) is 17.7 Å². The topological polar surface area (TPSA) is 104 Å². The van der Waals surface area contributed by atoms with Crippen LogP contribution in [-0.2, 0) is 4.79 Å². The normalized spacial score (nSPS) is 14.6. The number of benzene rings is 3. The van der Waals surface area contributed by atoms with E-state index in [1.54, 1.807) is 50.6 Å². The van der Waals surface area contributed by atoms with Gasteiger partial charge >= 0.3 is 5.97 Å². The van der Waals surface area contributed by atoms with Gasteiger partial charge < -0.3 is 24.7 Å². The van der Waals surface area contributed by atoms with Crippen LogP contribution in [0.4, 0.5) is 0 Å². The molecule has 35 heavy (non-hydrogen) atoms. The fraction of sp³-hybridized carbons (Fsp3) is 0.143. The largest absolute Gasteiger partial charge is 0.493 e. The summed E-state index contributed by atoms with van der Waals surface area (Å²) in [5, 5.41) is 9.79. The van der Waals surface area contributed by atoms with Crippen molar-refractivity contribution in [3.63, 3.8) is 0 Å². The van der Waals surface area contributed by atoms with Crippen LogP contribution in [-0.4, -0.2) is 20.2 Å². The highest BCUT2D eigenvalue weighted by atomic mass is 16.5. The SMILES string of the molecule is COc1ccc(C2C(C#N)=C(N)Oc3cc(OC(=O)/C=C/c4ccc(C)cc4)ccc32)cc1OC. The second kappa shape index (κ2) is 10.1. The van der Waals surface area contributed by atoms with E-state index < -0.39 is 11.9 Å². The number of hydrogen-bond acceptors (Lipinski definition) is 7.